The first-order valence-electron chi connectivity index (χ1n) is 13.8. The zero-order valence-corrected chi connectivity index (χ0v) is 23.7. The van der Waals surface area contributed by atoms with E-state index in [1.54, 1.807) is 36.1 Å². The van der Waals surface area contributed by atoms with Crippen LogP contribution in [0.1, 0.15) is 93.4 Å². The van der Waals surface area contributed by atoms with E-state index in [9.17, 15) is 27.9 Å². The Hall–Kier alpha value is -3.20. The highest BCUT2D eigenvalue weighted by molar-refractivity contribution is 6.46. The number of carbonyl (C=O) groups excluding carboxylic acids is 2. The summed E-state index contributed by atoms with van der Waals surface area (Å²) in [5, 5.41) is 11.9. The van der Waals surface area contributed by atoms with Crippen molar-refractivity contribution in [1.29, 1.82) is 0 Å². The third-order valence-electron chi connectivity index (χ3n) is 8.36. The number of amides is 2. The third-order valence-corrected chi connectivity index (χ3v) is 8.36. The number of aliphatic hydroxyl groups is 1. The van der Waals surface area contributed by atoms with E-state index in [-0.39, 0.29) is 41.2 Å². The molecule has 2 amide bonds. The SMILES string of the molecule is C[C@H](CO)NC(=O)c1ccc([C@@H](C)N2C(=O)C(c3cccc(C(F)(F)F)c3)=NC23CCC(C(C)(C)C)CC3)cc1. The number of aliphatic hydroxyl groups excluding tert-OH is 1. The summed E-state index contributed by atoms with van der Waals surface area (Å²) in [5.74, 6) is -0.262. The molecule has 2 atom stereocenters. The highest BCUT2D eigenvalue weighted by Gasteiger charge is 2.52. The summed E-state index contributed by atoms with van der Waals surface area (Å²) >= 11 is 0. The number of nitrogens with one attached hydrogen (secondary N) is 1. The van der Waals surface area contributed by atoms with Crippen LogP contribution in [0.2, 0.25) is 0 Å². The van der Waals surface area contributed by atoms with Crippen LogP contribution >= 0.6 is 0 Å². The highest BCUT2D eigenvalue weighted by atomic mass is 19.4. The average molecular weight is 558 g/mol. The van der Waals surface area contributed by atoms with E-state index >= 15 is 0 Å². The Labute approximate surface area is 233 Å². The van der Waals surface area contributed by atoms with Crippen molar-refractivity contribution < 1.29 is 27.9 Å². The van der Waals surface area contributed by atoms with Gasteiger partial charge < -0.3 is 15.3 Å². The second kappa shape index (κ2) is 11.0. The van der Waals surface area contributed by atoms with Gasteiger partial charge in [-0.2, -0.15) is 13.2 Å². The van der Waals surface area contributed by atoms with Gasteiger partial charge in [0.25, 0.3) is 11.8 Å². The molecule has 0 aromatic heterocycles. The summed E-state index contributed by atoms with van der Waals surface area (Å²) in [5.41, 5.74) is -0.143. The van der Waals surface area contributed by atoms with E-state index in [1.165, 1.54) is 12.1 Å². The summed E-state index contributed by atoms with van der Waals surface area (Å²) in [7, 11) is 0. The molecule has 6 nitrogen and oxygen atoms in total. The van der Waals surface area contributed by atoms with Crippen LogP contribution in [0.15, 0.2) is 53.5 Å². The Morgan fingerprint density at radius 2 is 1.73 bits per heavy atom. The smallest absolute Gasteiger partial charge is 0.394 e. The van der Waals surface area contributed by atoms with Gasteiger partial charge in [0, 0.05) is 17.2 Å². The first-order chi connectivity index (χ1) is 18.7. The molecule has 0 radical (unpaired) electrons. The Kier molecular flexibility index (Phi) is 8.18. The van der Waals surface area contributed by atoms with E-state index in [4.69, 9.17) is 4.99 Å². The average Bonchev–Trinajstić information content (AvgIpc) is 3.18. The Balaban J connectivity index is 1.68. The molecule has 1 saturated carbocycles. The van der Waals surface area contributed by atoms with Gasteiger partial charge >= 0.3 is 6.18 Å². The molecule has 2 N–H and O–H groups in total. The first-order valence-corrected chi connectivity index (χ1v) is 13.8. The van der Waals surface area contributed by atoms with Gasteiger partial charge in [-0.15, -0.1) is 0 Å². The van der Waals surface area contributed by atoms with Gasteiger partial charge in [-0.3, -0.25) is 14.6 Å². The van der Waals surface area contributed by atoms with Crippen LogP contribution < -0.4 is 5.32 Å². The molecule has 1 aliphatic heterocycles. The molecule has 9 heteroatoms. The van der Waals surface area contributed by atoms with Gasteiger partial charge in [0.05, 0.1) is 18.2 Å². The maximum atomic E-state index is 14.0. The molecule has 2 aliphatic rings. The predicted molar refractivity (Wildman–Crippen MR) is 148 cm³/mol. The predicted octanol–water partition coefficient (Wildman–Crippen LogP) is 6.14. The van der Waals surface area contributed by atoms with Crippen molar-refractivity contribution >= 4 is 17.5 Å². The van der Waals surface area contributed by atoms with Crippen molar-refractivity contribution in [2.24, 2.45) is 16.3 Å². The van der Waals surface area contributed by atoms with Gasteiger partial charge in [-0.1, -0.05) is 45.0 Å². The molecule has 0 unspecified atom stereocenters. The number of carbonyl (C=O) groups is 2. The van der Waals surface area contributed by atoms with Gasteiger partial charge in [-0.25, -0.2) is 0 Å². The van der Waals surface area contributed by atoms with Crippen LogP contribution in [0.5, 0.6) is 0 Å². The standard InChI is InChI=1S/C31H38F3N3O3/c1-19(18-38)35-27(39)22-11-9-21(10-12-22)20(2)37-28(40)26(23-7-6-8-25(17-23)31(32,33)34)36-30(37)15-13-24(14-16-30)29(3,4)5/h6-12,17,19-20,24,38H,13-16,18H2,1-5H3,(H,35,39)/t19-,20-,24?,30?/m1/s1. The largest absolute Gasteiger partial charge is 0.416 e. The molecular formula is C31H38F3N3O3. The molecule has 1 heterocycles. The number of hydrogen-bond acceptors (Lipinski definition) is 4. The van der Waals surface area contributed by atoms with E-state index < -0.39 is 23.4 Å². The van der Waals surface area contributed by atoms with Gasteiger partial charge in [0.1, 0.15) is 11.4 Å². The summed E-state index contributed by atoms with van der Waals surface area (Å²) in [6.45, 7) is 10.0. The van der Waals surface area contributed by atoms with E-state index in [0.717, 1.165) is 30.5 Å². The Morgan fingerprint density at radius 3 is 2.27 bits per heavy atom. The van der Waals surface area contributed by atoms with Crippen molar-refractivity contribution in [3.63, 3.8) is 0 Å². The second-order valence-electron chi connectivity index (χ2n) is 12.2. The second-order valence-corrected chi connectivity index (χ2v) is 12.2. The number of nitrogens with zero attached hydrogens (tertiary/aromatic N) is 2. The van der Waals surface area contributed by atoms with Crippen molar-refractivity contribution in [1.82, 2.24) is 10.2 Å². The summed E-state index contributed by atoms with van der Waals surface area (Å²) in [6.07, 6.45) is -1.60. The maximum absolute atomic E-state index is 14.0. The summed E-state index contributed by atoms with van der Waals surface area (Å²) < 4.78 is 40.5. The lowest BCUT2D eigenvalue weighted by Crippen LogP contribution is -2.50. The van der Waals surface area contributed by atoms with Crippen molar-refractivity contribution in [3.05, 3.63) is 70.8 Å². The molecule has 2 aromatic carbocycles. The fourth-order valence-corrected chi connectivity index (χ4v) is 5.89. The third kappa shape index (κ3) is 5.94. The van der Waals surface area contributed by atoms with Crippen LogP contribution in [0.4, 0.5) is 13.2 Å². The Bertz CT molecular complexity index is 1270. The highest BCUT2D eigenvalue weighted by Crippen LogP contribution is 2.49. The fraction of sp³-hybridized carbons (Fsp3) is 0.516. The minimum Gasteiger partial charge on any atom is -0.394 e. The topological polar surface area (TPSA) is 82.0 Å². The van der Waals surface area contributed by atoms with Crippen LogP contribution in [0.3, 0.4) is 0 Å². The number of aliphatic imine (C=N–C) groups is 1. The lowest BCUT2D eigenvalue weighted by molar-refractivity contribution is -0.137. The van der Waals surface area contributed by atoms with Crippen molar-refractivity contribution in [2.45, 2.75) is 84.2 Å². The van der Waals surface area contributed by atoms with E-state index in [2.05, 4.69) is 26.1 Å². The summed E-state index contributed by atoms with van der Waals surface area (Å²) in [6, 6.07) is 10.9. The molecule has 2 aromatic rings. The molecule has 1 spiro atoms. The molecule has 0 saturated heterocycles. The maximum Gasteiger partial charge on any atom is 0.416 e. The number of benzene rings is 2. The molecule has 216 valence electrons. The molecule has 40 heavy (non-hydrogen) atoms. The van der Waals surface area contributed by atoms with Crippen LogP contribution in [-0.4, -0.2) is 45.8 Å². The molecule has 0 bridgehead atoms. The van der Waals surface area contributed by atoms with Gasteiger partial charge in [0.15, 0.2) is 0 Å². The zero-order chi connectivity index (χ0) is 29.5. The monoisotopic (exact) mass is 557 g/mol. The van der Waals surface area contributed by atoms with Crippen LogP contribution in [-0.2, 0) is 11.0 Å². The number of rotatable bonds is 6. The van der Waals surface area contributed by atoms with Gasteiger partial charge in [-0.05, 0) is 80.7 Å². The molecule has 1 fully saturated rings. The normalized spacial score (nSPS) is 23.2. The molecule has 4 rings (SSSR count). The minimum atomic E-state index is -4.53. The van der Waals surface area contributed by atoms with E-state index in [1.807, 2.05) is 6.92 Å². The van der Waals surface area contributed by atoms with Crippen molar-refractivity contribution in [2.75, 3.05) is 6.61 Å². The first kappa shape index (κ1) is 29.8. The zero-order valence-electron chi connectivity index (χ0n) is 23.7. The Morgan fingerprint density at radius 1 is 1.10 bits per heavy atom. The number of alkyl halides is 3. The van der Waals surface area contributed by atoms with E-state index in [0.29, 0.717) is 24.3 Å². The summed E-state index contributed by atoms with van der Waals surface area (Å²) in [4.78, 5) is 33.1. The van der Waals surface area contributed by atoms with Crippen LogP contribution in [0, 0.1) is 11.3 Å². The van der Waals surface area contributed by atoms with Crippen molar-refractivity contribution in [3.8, 4) is 0 Å². The minimum absolute atomic E-state index is 0.0566. The number of halogens is 3. The fourth-order valence-electron chi connectivity index (χ4n) is 5.89. The number of hydrogen-bond donors (Lipinski definition) is 2. The lowest BCUT2D eigenvalue weighted by Gasteiger charge is -2.46. The molecule has 1 aliphatic carbocycles. The van der Waals surface area contributed by atoms with Crippen LogP contribution in [0.25, 0.3) is 0 Å². The van der Waals surface area contributed by atoms with Gasteiger partial charge in [0.2, 0.25) is 0 Å². The molecular weight excluding hydrogens is 519 g/mol. The lowest BCUT2D eigenvalue weighted by atomic mass is 9.69. The quantitative estimate of drug-likeness (QED) is 0.448.